The van der Waals surface area contributed by atoms with E-state index in [-0.39, 0.29) is 23.5 Å². The molecule has 2 aromatic carbocycles. The molecule has 21 heavy (non-hydrogen) atoms. The third-order valence-electron chi connectivity index (χ3n) is 3.02. The van der Waals surface area contributed by atoms with Crippen molar-refractivity contribution >= 4 is 11.6 Å². The van der Waals surface area contributed by atoms with Gasteiger partial charge in [0.2, 0.25) is 5.91 Å². The number of hydrogen-bond donors (Lipinski definition) is 3. The highest BCUT2D eigenvalue weighted by Crippen LogP contribution is 2.30. The molecule has 0 aliphatic carbocycles. The molecule has 0 saturated heterocycles. The average molecular weight is 290 g/mol. The van der Waals surface area contributed by atoms with Gasteiger partial charge in [-0.25, -0.2) is 4.39 Å². The van der Waals surface area contributed by atoms with Crippen LogP contribution in [0.3, 0.4) is 0 Å². The number of ether oxygens (including phenoxy) is 1. The number of nitrogens with one attached hydrogen (secondary N) is 1. The lowest BCUT2D eigenvalue weighted by atomic mass is 10.1. The highest BCUT2D eigenvalue weighted by Gasteiger charge is 2.10. The first-order valence-electron chi connectivity index (χ1n) is 6.21. The molecule has 5 nitrogen and oxygen atoms in total. The van der Waals surface area contributed by atoms with Crippen LogP contribution < -0.4 is 15.8 Å². The van der Waals surface area contributed by atoms with Crippen LogP contribution in [-0.4, -0.2) is 18.1 Å². The van der Waals surface area contributed by atoms with Crippen molar-refractivity contribution in [2.45, 2.75) is 6.54 Å². The number of primary amides is 1. The van der Waals surface area contributed by atoms with Crippen molar-refractivity contribution in [3.8, 4) is 11.5 Å². The molecule has 0 unspecified atom stereocenters. The number of carbonyl (C=O) groups excluding carboxylic acids is 1. The number of carbonyl (C=O) groups is 1. The molecule has 4 N–H and O–H groups in total. The van der Waals surface area contributed by atoms with Crippen molar-refractivity contribution < 1.29 is 19.0 Å². The number of rotatable bonds is 5. The molecule has 0 aliphatic heterocycles. The summed E-state index contributed by atoms with van der Waals surface area (Å²) in [5.74, 6) is -0.829. The van der Waals surface area contributed by atoms with Crippen molar-refractivity contribution in [3.63, 3.8) is 0 Å². The van der Waals surface area contributed by atoms with E-state index in [9.17, 15) is 14.3 Å². The number of methoxy groups -OCH3 is 1. The Kier molecular flexibility index (Phi) is 4.27. The molecule has 6 heteroatoms. The van der Waals surface area contributed by atoms with Crippen LogP contribution in [0, 0.1) is 5.82 Å². The first-order chi connectivity index (χ1) is 10.0. The fourth-order valence-electron chi connectivity index (χ4n) is 1.88. The quantitative estimate of drug-likeness (QED) is 0.788. The van der Waals surface area contributed by atoms with Crippen LogP contribution in [0.15, 0.2) is 36.4 Å². The van der Waals surface area contributed by atoms with Gasteiger partial charge in [0.15, 0.2) is 11.5 Å². The van der Waals surface area contributed by atoms with Gasteiger partial charge in [0, 0.05) is 17.7 Å². The number of phenols is 1. The lowest BCUT2D eigenvalue weighted by molar-refractivity contribution is 0.100. The topological polar surface area (TPSA) is 84.6 Å². The Morgan fingerprint density at radius 2 is 2.14 bits per heavy atom. The summed E-state index contributed by atoms with van der Waals surface area (Å²) in [5, 5.41) is 12.8. The minimum Gasteiger partial charge on any atom is -0.504 e. The van der Waals surface area contributed by atoms with Crippen LogP contribution >= 0.6 is 0 Å². The maximum atomic E-state index is 13.7. The number of amides is 1. The van der Waals surface area contributed by atoms with E-state index in [4.69, 9.17) is 10.5 Å². The van der Waals surface area contributed by atoms with Crippen LogP contribution in [-0.2, 0) is 6.54 Å². The summed E-state index contributed by atoms with van der Waals surface area (Å²) < 4.78 is 18.7. The summed E-state index contributed by atoms with van der Waals surface area (Å²) in [7, 11) is 1.45. The minimum atomic E-state index is -0.637. The number of benzene rings is 2. The van der Waals surface area contributed by atoms with Crippen LogP contribution in [0.2, 0.25) is 0 Å². The molecule has 0 fully saturated rings. The second kappa shape index (κ2) is 6.13. The van der Waals surface area contributed by atoms with E-state index in [2.05, 4.69) is 5.32 Å². The lowest BCUT2D eigenvalue weighted by Crippen LogP contribution is -2.12. The Morgan fingerprint density at radius 1 is 1.38 bits per heavy atom. The van der Waals surface area contributed by atoms with E-state index in [1.807, 2.05) is 0 Å². The molecule has 110 valence electrons. The molecular weight excluding hydrogens is 275 g/mol. The standard InChI is InChI=1S/C15H15FN2O3/c1-21-13-4-2-3-10(14(13)19)8-18-12-7-9(15(17)20)5-6-11(12)16/h2-7,18-19H,8H2,1H3,(H2,17,20). The average Bonchev–Trinajstić information content (AvgIpc) is 2.47. The van der Waals surface area contributed by atoms with Crippen LogP contribution in [0.25, 0.3) is 0 Å². The lowest BCUT2D eigenvalue weighted by Gasteiger charge is -2.11. The summed E-state index contributed by atoms with van der Waals surface area (Å²) in [6.07, 6.45) is 0. The molecule has 1 amide bonds. The highest BCUT2D eigenvalue weighted by molar-refractivity contribution is 5.93. The predicted octanol–water partition coefficient (Wildman–Crippen LogP) is 2.25. The van der Waals surface area contributed by atoms with E-state index >= 15 is 0 Å². The van der Waals surface area contributed by atoms with Crippen molar-refractivity contribution in [1.29, 1.82) is 0 Å². The predicted molar refractivity (Wildman–Crippen MR) is 76.9 cm³/mol. The monoisotopic (exact) mass is 290 g/mol. The van der Waals surface area contributed by atoms with Crippen molar-refractivity contribution in [1.82, 2.24) is 0 Å². The normalized spacial score (nSPS) is 10.2. The van der Waals surface area contributed by atoms with E-state index in [1.165, 1.54) is 19.2 Å². The molecule has 0 saturated carbocycles. The van der Waals surface area contributed by atoms with Gasteiger partial charge in [0.05, 0.1) is 12.8 Å². The van der Waals surface area contributed by atoms with Crippen LogP contribution in [0.5, 0.6) is 11.5 Å². The Labute approximate surface area is 121 Å². The van der Waals surface area contributed by atoms with Gasteiger partial charge in [0.1, 0.15) is 5.82 Å². The number of phenolic OH excluding ortho intramolecular Hbond substituents is 1. The first-order valence-corrected chi connectivity index (χ1v) is 6.21. The third kappa shape index (κ3) is 3.22. The zero-order valence-corrected chi connectivity index (χ0v) is 11.4. The fraction of sp³-hybridized carbons (Fsp3) is 0.133. The molecule has 2 rings (SSSR count). The van der Waals surface area contributed by atoms with Gasteiger partial charge in [0.25, 0.3) is 0 Å². The van der Waals surface area contributed by atoms with Crippen LogP contribution in [0.1, 0.15) is 15.9 Å². The van der Waals surface area contributed by atoms with Crippen molar-refractivity contribution in [2.24, 2.45) is 5.73 Å². The maximum absolute atomic E-state index is 13.7. The van der Waals surface area contributed by atoms with Gasteiger partial charge >= 0.3 is 0 Å². The van der Waals surface area contributed by atoms with E-state index < -0.39 is 11.7 Å². The summed E-state index contributed by atoms with van der Waals surface area (Å²) in [5.41, 5.74) is 6.03. The summed E-state index contributed by atoms with van der Waals surface area (Å²) in [6.45, 7) is 0.169. The zero-order chi connectivity index (χ0) is 15.4. The molecule has 0 spiro atoms. The number of anilines is 1. The number of halogens is 1. The Bertz CT molecular complexity index is 674. The zero-order valence-electron chi connectivity index (χ0n) is 11.4. The minimum absolute atomic E-state index is 0.0148. The second-order valence-corrected chi connectivity index (χ2v) is 4.38. The maximum Gasteiger partial charge on any atom is 0.248 e. The molecule has 0 heterocycles. The number of hydrogen-bond acceptors (Lipinski definition) is 4. The SMILES string of the molecule is COc1cccc(CNc2cc(C(N)=O)ccc2F)c1O. The Hall–Kier alpha value is -2.76. The van der Waals surface area contributed by atoms with Gasteiger partial charge < -0.3 is 20.9 Å². The second-order valence-electron chi connectivity index (χ2n) is 4.38. The third-order valence-corrected chi connectivity index (χ3v) is 3.02. The number of aromatic hydroxyl groups is 1. The molecule has 0 radical (unpaired) electrons. The van der Waals surface area contributed by atoms with E-state index in [1.54, 1.807) is 18.2 Å². The number of nitrogens with two attached hydrogens (primary N) is 1. The largest absolute Gasteiger partial charge is 0.504 e. The molecule has 0 aliphatic rings. The van der Waals surface area contributed by atoms with Gasteiger partial charge in [-0.2, -0.15) is 0 Å². The molecule has 0 aromatic heterocycles. The highest BCUT2D eigenvalue weighted by atomic mass is 19.1. The Balaban J connectivity index is 2.20. The fourth-order valence-corrected chi connectivity index (χ4v) is 1.88. The van der Waals surface area contributed by atoms with Crippen molar-refractivity contribution in [3.05, 3.63) is 53.3 Å². The van der Waals surface area contributed by atoms with Gasteiger partial charge in [-0.15, -0.1) is 0 Å². The summed E-state index contributed by atoms with van der Waals surface area (Å²) >= 11 is 0. The number of para-hydroxylation sites is 1. The van der Waals surface area contributed by atoms with Gasteiger partial charge in [-0.3, -0.25) is 4.79 Å². The molecule has 0 bridgehead atoms. The van der Waals surface area contributed by atoms with E-state index in [0.29, 0.717) is 11.3 Å². The van der Waals surface area contributed by atoms with Gasteiger partial charge in [-0.1, -0.05) is 12.1 Å². The van der Waals surface area contributed by atoms with Crippen LogP contribution in [0.4, 0.5) is 10.1 Å². The van der Waals surface area contributed by atoms with E-state index in [0.717, 1.165) is 6.07 Å². The first kappa shape index (κ1) is 14.6. The smallest absolute Gasteiger partial charge is 0.248 e. The van der Waals surface area contributed by atoms with Gasteiger partial charge in [-0.05, 0) is 24.3 Å². The molecule has 2 aromatic rings. The molecule has 0 atom stereocenters. The Morgan fingerprint density at radius 3 is 2.81 bits per heavy atom. The summed E-state index contributed by atoms with van der Waals surface area (Å²) in [6, 6.07) is 8.81. The molecular formula is C15H15FN2O3. The summed E-state index contributed by atoms with van der Waals surface area (Å²) in [4.78, 5) is 11.1. The van der Waals surface area contributed by atoms with Crippen molar-refractivity contribution in [2.75, 3.05) is 12.4 Å².